The summed E-state index contributed by atoms with van der Waals surface area (Å²) in [4.78, 5) is 129. The van der Waals surface area contributed by atoms with E-state index in [1.54, 1.807) is 0 Å². The Kier molecular flexibility index (Phi) is 75.9. The van der Waals surface area contributed by atoms with Crippen LogP contribution in [-0.2, 0) is 80.1 Å². The molecule has 0 aromatic carbocycles. The Hall–Kier alpha value is -3.50. The minimum atomic E-state index is -5.72. The van der Waals surface area contributed by atoms with E-state index in [2.05, 4.69) is 64.3 Å². The second kappa shape index (κ2) is 80.6. The molecule has 0 spiro atoms. The number of hydrogen-bond acceptors (Lipinski definition) is 21. The van der Waals surface area contributed by atoms with Gasteiger partial charge in [-0.3, -0.25) is 37.8 Å². The van der Waals surface area contributed by atoms with Gasteiger partial charge in [0.05, 0.1) is 51.1 Å². The van der Waals surface area contributed by atoms with Crippen LogP contribution in [0.25, 0.3) is 0 Å². The Balaban J connectivity index is 2.78. The third-order valence-corrected chi connectivity index (χ3v) is 26.0. The number of nitrogens with one attached hydrogen (secondary N) is 2. The first-order chi connectivity index (χ1) is 62.3. The third-order valence-electron chi connectivity index (χ3n) is 25.0. The summed E-state index contributed by atoms with van der Waals surface area (Å²) < 4.78 is 80.1. The molecule has 2 aliphatic heterocycles. The zero-order valence-corrected chi connectivity index (χ0v) is 83.4. The number of rotatable bonds is 89. The highest BCUT2D eigenvalue weighted by Crippen LogP contribution is 2.44. The van der Waals surface area contributed by atoms with Gasteiger partial charge in [-0.1, -0.05) is 388 Å². The lowest BCUT2D eigenvalue weighted by atomic mass is 9.95. The van der Waals surface area contributed by atoms with Crippen molar-refractivity contribution in [1.29, 1.82) is 0 Å². The highest BCUT2D eigenvalue weighted by molar-refractivity contribution is 7.46. The third kappa shape index (κ3) is 66.6. The minimum absolute atomic E-state index is 0.0766. The smallest absolute Gasteiger partial charge is 0.462 e. The van der Waals surface area contributed by atoms with Gasteiger partial charge in [-0.25, -0.2) is 9.13 Å². The van der Waals surface area contributed by atoms with Gasteiger partial charge in [0.1, 0.15) is 48.7 Å². The van der Waals surface area contributed by atoms with Crippen molar-refractivity contribution in [3.8, 4) is 0 Å². The molecule has 129 heavy (non-hydrogen) atoms. The van der Waals surface area contributed by atoms with Gasteiger partial charge >= 0.3 is 39.5 Å². The summed E-state index contributed by atoms with van der Waals surface area (Å²) in [7, 11) is -11.4. The molecule has 0 radical (unpaired) electrons. The molecule has 8 unspecified atom stereocenters. The van der Waals surface area contributed by atoms with Crippen LogP contribution in [-0.4, -0.2) is 175 Å². The van der Waals surface area contributed by atoms with Gasteiger partial charge in [-0.2, -0.15) is 0 Å². The van der Waals surface area contributed by atoms with Crippen molar-refractivity contribution < 1.29 is 120 Å². The van der Waals surface area contributed by atoms with Gasteiger partial charge in [-0.05, 0) is 77.0 Å². The van der Waals surface area contributed by atoms with Gasteiger partial charge in [-0.15, -0.1) is 0 Å². The van der Waals surface area contributed by atoms with Crippen molar-refractivity contribution in [1.82, 2.24) is 10.6 Å². The Morgan fingerprint density at radius 3 is 0.961 bits per heavy atom. The standard InChI is InChI=1S/C100H188N2O25P2/c1-7-13-19-25-31-37-39-41-43-49-55-61-67-73-89(108)120-83(71-65-59-53-47-35-29-23-17-11-5)77-87(106)101-93-97(124-91(110)75-81(104)69-63-57-51-45-33-27-21-15-9-3)95(112)86(123-100(93)127-129(116,117)118)80-119-99-94(98(96(85(79-103)122-99)126-128(113,114)115)125-92(111)76-82(105)70-64-58-52-46-34-28-22-16-10-4)102-88(107)78-84(72-66-60-54-48-36-30-24-18-12-6)121-90(109)74-68-62-56-50-44-42-40-38-32-26-20-14-8-2/h38,40,81-86,93-100,103-105,112H,7-37,39,41-80H2,1-6H3,(H,101,106)(H,102,107)(H2,113,114,115)(H2,116,117,118)/b40-38-/t81?,82?,83?,84?,85?,86?,93?,94?,95-,96-,97-,98-,99-,100+/m1/s1. The van der Waals surface area contributed by atoms with Crippen LogP contribution in [0.5, 0.6) is 0 Å². The number of phosphoric ester groups is 2. The normalized spacial score (nSPS) is 20.0. The fourth-order valence-corrected chi connectivity index (χ4v) is 18.4. The van der Waals surface area contributed by atoms with Crippen LogP contribution < -0.4 is 10.6 Å². The molecule has 758 valence electrons. The van der Waals surface area contributed by atoms with Gasteiger partial charge in [0.15, 0.2) is 24.8 Å². The van der Waals surface area contributed by atoms with Crippen LogP contribution in [0.15, 0.2) is 12.2 Å². The Morgan fingerprint density at radius 2 is 0.628 bits per heavy atom. The van der Waals surface area contributed by atoms with E-state index in [0.29, 0.717) is 38.5 Å². The minimum Gasteiger partial charge on any atom is -0.462 e. The van der Waals surface area contributed by atoms with E-state index in [9.17, 15) is 73.1 Å². The van der Waals surface area contributed by atoms with Crippen LogP contribution in [0.3, 0.4) is 0 Å². The summed E-state index contributed by atoms with van der Waals surface area (Å²) in [6.45, 7) is 10.9. The van der Waals surface area contributed by atoms with E-state index in [1.807, 2.05) is 0 Å². The molecule has 0 saturated carbocycles. The molecule has 0 aliphatic carbocycles. The fraction of sp³-hybridized carbons (Fsp3) is 0.920. The highest BCUT2D eigenvalue weighted by Gasteiger charge is 2.55. The van der Waals surface area contributed by atoms with Gasteiger partial charge in [0.25, 0.3) is 0 Å². The molecule has 2 amide bonds. The molecule has 2 aliphatic rings. The van der Waals surface area contributed by atoms with Crippen molar-refractivity contribution in [2.24, 2.45) is 0 Å². The lowest BCUT2D eigenvalue weighted by molar-refractivity contribution is -0.296. The Morgan fingerprint density at radius 1 is 0.341 bits per heavy atom. The number of carbonyl (C=O) groups excluding carboxylic acids is 6. The summed E-state index contributed by atoms with van der Waals surface area (Å²) in [6.07, 6.45) is 43.3. The number of amides is 2. The van der Waals surface area contributed by atoms with E-state index in [4.69, 9.17) is 42.2 Å². The van der Waals surface area contributed by atoms with Crippen LogP contribution >= 0.6 is 15.6 Å². The summed E-state index contributed by atoms with van der Waals surface area (Å²) in [5, 5.41) is 52.0. The first kappa shape index (κ1) is 122. The molecule has 29 heteroatoms. The van der Waals surface area contributed by atoms with E-state index in [-0.39, 0.29) is 38.5 Å². The number of allylic oxidation sites excluding steroid dienone is 2. The van der Waals surface area contributed by atoms with Crippen LogP contribution in [0.2, 0.25) is 0 Å². The lowest BCUT2D eigenvalue weighted by Crippen LogP contribution is -2.68. The predicted molar refractivity (Wildman–Crippen MR) is 508 cm³/mol. The number of ether oxygens (including phenoxy) is 7. The van der Waals surface area contributed by atoms with Gasteiger partial charge < -0.3 is 83.8 Å². The molecule has 2 rings (SSSR count). The summed E-state index contributed by atoms with van der Waals surface area (Å²) in [5.74, 6) is -5.02. The lowest BCUT2D eigenvalue weighted by Gasteiger charge is -2.47. The molecule has 27 nitrogen and oxygen atoms in total. The number of carbonyl (C=O) groups is 6. The molecule has 14 atom stereocenters. The van der Waals surface area contributed by atoms with Gasteiger partial charge in [0, 0.05) is 12.8 Å². The summed E-state index contributed by atoms with van der Waals surface area (Å²) in [6, 6.07) is -3.88. The largest absolute Gasteiger partial charge is 0.472 e. The average Bonchev–Trinajstić information content (AvgIpc) is 0.777. The highest BCUT2D eigenvalue weighted by atomic mass is 31.2. The molecule has 2 saturated heterocycles. The van der Waals surface area contributed by atoms with Gasteiger partial charge in [0.2, 0.25) is 11.8 Å². The quantitative estimate of drug-likeness (QED) is 0.00889. The van der Waals surface area contributed by atoms with Crippen molar-refractivity contribution in [3.63, 3.8) is 0 Å². The molecule has 2 fully saturated rings. The topological polar surface area (TPSA) is 406 Å². The zero-order valence-electron chi connectivity index (χ0n) is 81.6. The van der Waals surface area contributed by atoms with Crippen molar-refractivity contribution >= 4 is 51.3 Å². The fourth-order valence-electron chi connectivity index (χ4n) is 17.3. The Labute approximate surface area is 780 Å². The van der Waals surface area contributed by atoms with E-state index in [1.165, 1.54) is 96.3 Å². The molecule has 0 aromatic heterocycles. The maximum Gasteiger partial charge on any atom is 0.472 e. The van der Waals surface area contributed by atoms with Crippen LogP contribution in [0.1, 0.15) is 491 Å². The number of hydrogen-bond donors (Lipinski definition) is 10. The SMILES string of the molecule is CCCCCC/C=C\CCCCCCCC(=O)OC(CCCCCCCCCCC)CC(=O)NC1[C@H](OCC2O[C@@H](OP(=O)(O)O)C(NC(=O)CC(CCCCCCCCCCC)OC(=O)CCCCCCCCCCCCCCC)[C@@H](OC(=O)CC(O)CCCCCCCCCCC)[C@@H]2O)OC(CO)[C@@H](OP(=O)(O)O)[C@@H]1OC(=O)CC(O)CCCCCCCCCCC. The first-order valence-corrected chi connectivity index (χ1v) is 55.4. The predicted octanol–water partition coefficient (Wildman–Crippen LogP) is 22.7. The maximum atomic E-state index is 15.1. The van der Waals surface area contributed by atoms with E-state index >= 15 is 4.79 Å². The van der Waals surface area contributed by atoms with E-state index < -0.39 is 176 Å². The molecule has 10 N–H and O–H groups in total. The molecular weight excluding hydrogens is 1690 g/mol. The summed E-state index contributed by atoms with van der Waals surface area (Å²) >= 11 is 0. The van der Waals surface area contributed by atoms with Crippen molar-refractivity contribution in [2.45, 2.75) is 577 Å². The second-order valence-corrected chi connectivity index (χ2v) is 39.7. The maximum absolute atomic E-state index is 15.1. The zero-order chi connectivity index (χ0) is 94.7. The number of aliphatic hydroxyl groups excluding tert-OH is 4. The molecular formula is C100H188N2O25P2. The number of esters is 4. The van der Waals surface area contributed by atoms with E-state index in [0.717, 1.165) is 250 Å². The van der Waals surface area contributed by atoms with Crippen molar-refractivity contribution in [3.05, 3.63) is 12.2 Å². The van der Waals surface area contributed by atoms with Crippen LogP contribution in [0, 0.1) is 0 Å². The van der Waals surface area contributed by atoms with Crippen LogP contribution in [0.4, 0.5) is 0 Å². The first-order valence-electron chi connectivity index (χ1n) is 52.4. The summed E-state index contributed by atoms with van der Waals surface area (Å²) in [5.41, 5.74) is 0. The Bertz CT molecular complexity index is 2870. The number of phosphoric acid groups is 2. The molecule has 2 heterocycles. The monoisotopic (exact) mass is 1880 g/mol. The number of aliphatic hydroxyl groups is 4. The average molecular weight is 1880 g/mol. The van der Waals surface area contributed by atoms with Crippen molar-refractivity contribution in [2.75, 3.05) is 13.2 Å². The molecule has 0 bridgehead atoms. The number of unbranched alkanes of at least 4 members (excludes halogenated alkanes) is 53. The molecule has 0 aromatic rings. The second-order valence-electron chi connectivity index (χ2n) is 37.3.